The first-order chi connectivity index (χ1) is 56.2. The molecule has 2 atom stereocenters. The van der Waals surface area contributed by atoms with Gasteiger partial charge in [0.1, 0.15) is 5.69 Å². The van der Waals surface area contributed by atoms with Crippen molar-refractivity contribution in [3.63, 3.8) is 0 Å². The van der Waals surface area contributed by atoms with Crippen molar-refractivity contribution in [2.75, 3.05) is 9.80 Å². The van der Waals surface area contributed by atoms with Crippen LogP contribution in [0.4, 0.5) is 11.4 Å². The Bertz CT molecular complexity index is 6080. The van der Waals surface area contributed by atoms with E-state index in [-0.39, 0.29) is 27.9 Å². The minimum Gasteiger partial charge on any atom is -0.361 e. The van der Waals surface area contributed by atoms with E-state index in [2.05, 4.69) is 385 Å². The second kappa shape index (κ2) is 41.4. The zero-order valence-corrected chi connectivity index (χ0v) is 70.3. The van der Waals surface area contributed by atoms with Crippen LogP contribution < -0.4 is 9.80 Å². The van der Waals surface area contributed by atoms with Crippen molar-refractivity contribution >= 4 is 17.3 Å². The molecule has 2 unspecified atom stereocenters. The molecule has 0 saturated heterocycles. The maximum Gasteiger partial charge on any atom is 0.260 e. The van der Waals surface area contributed by atoms with Crippen molar-refractivity contribution in [3.05, 3.63) is 261 Å². The molecule has 1 amide bonds. The van der Waals surface area contributed by atoms with Crippen molar-refractivity contribution in [1.82, 2.24) is 15.0 Å². The molecule has 0 saturated carbocycles. The lowest BCUT2D eigenvalue weighted by Gasteiger charge is -2.39. The van der Waals surface area contributed by atoms with Crippen LogP contribution in [0.5, 0.6) is 0 Å². The monoisotopic (exact) mass is 1520 g/mol. The van der Waals surface area contributed by atoms with Crippen LogP contribution in [0.2, 0.25) is 0 Å². The highest BCUT2D eigenvalue weighted by atomic mass is 16.2. The van der Waals surface area contributed by atoms with Crippen LogP contribution in [-0.2, 0) is 18.5 Å². The minimum absolute atomic E-state index is 0.000417. The van der Waals surface area contributed by atoms with E-state index in [1.54, 1.807) is 6.92 Å². The maximum atomic E-state index is 13.1. The van der Waals surface area contributed by atoms with Gasteiger partial charge in [0.2, 0.25) is 0 Å². The highest BCUT2D eigenvalue weighted by molar-refractivity contribution is 6.09. The van der Waals surface area contributed by atoms with Crippen LogP contribution in [0, 0.1) is 195 Å². The summed E-state index contributed by atoms with van der Waals surface area (Å²) in [6.07, 6.45) is 12.4. The van der Waals surface area contributed by atoms with E-state index in [9.17, 15) is 4.79 Å². The average molecular weight is 1520 g/mol. The smallest absolute Gasteiger partial charge is 0.260 e. The van der Waals surface area contributed by atoms with Gasteiger partial charge >= 0.3 is 0 Å². The Morgan fingerprint density at radius 3 is 1.32 bits per heavy atom. The molecule has 117 heavy (non-hydrogen) atoms. The summed E-state index contributed by atoms with van der Waals surface area (Å²) in [5.74, 6) is 81.0. The molecule has 0 radical (unpaired) electrons. The van der Waals surface area contributed by atoms with Gasteiger partial charge in [0.25, 0.3) is 5.91 Å². The molecule has 6 nitrogen and oxygen atoms in total. The van der Waals surface area contributed by atoms with Crippen LogP contribution in [0.15, 0.2) is 194 Å². The highest BCUT2D eigenvalue weighted by Gasteiger charge is 2.34. The van der Waals surface area contributed by atoms with E-state index in [0.717, 1.165) is 81.0 Å². The third-order valence-electron chi connectivity index (χ3n) is 19.2. The first kappa shape index (κ1) is 86.6. The third kappa shape index (κ3) is 25.0. The van der Waals surface area contributed by atoms with E-state index in [1.165, 1.54) is 59.2 Å². The Morgan fingerprint density at radius 2 is 0.803 bits per heavy atom. The summed E-state index contributed by atoms with van der Waals surface area (Å²) >= 11 is 0. The van der Waals surface area contributed by atoms with E-state index in [4.69, 9.17) is 6.42 Å². The predicted molar refractivity (Wildman–Crippen MR) is 485 cm³/mol. The molecule has 3 heterocycles. The van der Waals surface area contributed by atoms with Gasteiger partial charge in [0, 0.05) is 97.4 Å². The quantitative estimate of drug-likeness (QED) is 0.142. The maximum absolute atomic E-state index is 13.1. The fourth-order valence-electron chi connectivity index (χ4n) is 13.3. The molecule has 572 valence electrons. The number of terminal acetylenes is 1. The Hall–Kier alpha value is -14.4. The molecule has 6 heteroatoms. The normalized spacial score (nSPS) is 13.3. The molecular weight excluding hydrogens is 1420 g/mol. The summed E-state index contributed by atoms with van der Waals surface area (Å²) in [6.45, 7) is 35.8. The number of para-hydroxylation sites is 2. The van der Waals surface area contributed by atoms with E-state index >= 15 is 0 Å². The first-order valence-corrected chi connectivity index (χ1v) is 39.4. The fourth-order valence-corrected chi connectivity index (χ4v) is 13.3. The number of aromatic nitrogens is 3. The van der Waals surface area contributed by atoms with Crippen LogP contribution in [0.25, 0.3) is 22.5 Å². The van der Waals surface area contributed by atoms with Gasteiger partial charge < -0.3 is 9.80 Å². The van der Waals surface area contributed by atoms with Gasteiger partial charge in [-0.2, -0.15) is 0 Å². The van der Waals surface area contributed by atoms with Gasteiger partial charge in [-0.05, 0) is 283 Å². The molecular formula is C111H97N5O. The third-order valence-corrected chi connectivity index (χ3v) is 19.2. The average Bonchev–Trinajstić information content (AvgIpc) is 1.67. The van der Waals surface area contributed by atoms with E-state index in [0.29, 0.717) is 22.8 Å². The Kier molecular flexibility index (Phi) is 30.6. The molecule has 0 N–H and O–H groups in total. The van der Waals surface area contributed by atoms with Crippen molar-refractivity contribution in [2.45, 2.75) is 178 Å². The lowest BCUT2D eigenvalue weighted by molar-refractivity contribution is 0.0965. The van der Waals surface area contributed by atoms with Crippen molar-refractivity contribution in [3.8, 4) is 201 Å². The first-order valence-electron chi connectivity index (χ1n) is 39.4. The zero-order valence-electron chi connectivity index (χ0n) is 70.3. The highest BCUT2D eigenvalue weighted by Crippen LogP contribution is 2.42. The summed E-state index contributed by atoms with van der Waals surface area (Å²) in [4.78, 5) is 17.3. The Morgan fingerprint density at radius 1 is 0.393 bits per heavy atom. The molecule has 3 aliphatic carbocycles. The van der Waals surface area contributed by atoms with Crippen LogP contribution in [0.1, 0.15) is 220 Å². The van der Waals surface area contributed by atoms with Crippen LogP contribution in [0.3, 0.4) is 0 Å². The number of benzene rings is 8. The molecule has 0 fully saturated rings. The van der Waals surface area contributed by atoms with Gasteiger partial charge in [0.15, 0.2) is 0 Å². The summed E-state index contributed by atoms with van der Waals surface area (Å²) in [7, 11) is 0. The van der Waals surface area contributed by atoms with E-state index < -0.39 is 0 Å². The van der Waals surface area contributed by atoms with Gasteiger partial charge in [0.05, 0.1) is 28.2 Å². The van der Waals surface area contributed by atoms with Crippen LogP contribution >= 0.6 is 0 Å². The number of fused-ring (bicyclic) bond motifs is 11. The molecule has 8 aromatic carbocycles. The lowest BCUT2D eigenvalue weighted by atomic mass is 9.71. The van der Waals surface area contributed by atoms with Crippen molar-refractivity contribution in [1.29, 1.82) is 0 Å². The molecule has 9 aromatic rings. The van der Waals surface area contributed by atoms with Gasteiger partial charge in [-0.15, -0.1) is 17.4 Å². The molecule has 0 spiro atoms. The van der Waals surface area contributed by atoms with E-state index in [1.807, 2.05) is 109 Å². The summed E-state index contributed by atoms with van der Waals surface area (Å²) in [5, 5.41) is 8.97. The van der Waals surface area contributed by atoms with Gasteiger partial charge in [-0.25, -0.2) is 4.68 Å². The standard InChI is InChI=1S/C21H4.C20H17N3.C20H20.C19H17NO.C19H19N.C12H20/c1-3-5-7-9-11-13-15-17-19-21-20-18-16-14-12-10-8-6-4-2;1-20(2,3)23-19-17-11-7-5-9-15(17)13-12-14-8-4-6-10-16(14)18(19)21-22-23;1-20(2,3)19-14-17-10-5-4-8-15(17)12-13-16-9-6-7-11-18(16)19;1-19(2,3)20-17-11-7-5-9-15(17)13-12-14-8-4-6-10-16(14)18(20)21;1-19(2,3)20-14-17-10-5-4-8-15(17)12-13-16-9-6-7-11-18(16)20;1-12(2,3)11-9-7-5-4-6-8-10-11/h1H,2H3;4-11H,1-3H3;4-11,19H,14H2,1-3H3;4-11H,1-3H3;4-11H,14H2,1-3H3;11H,4-7,9H2,1-3H3. The number of carbonyl (C=O) groups is 1. The topological polar surface area (TPSA) is 54.3 Å². The fraction of sp³-hybridized carbons (Fsp3) is 0.270. The number of amides is 1. The minimum atomic E-state index is -0.320. The summed E-state index contributed by atoms with van der Waals surface area (Å²) in [5.41, 5.74) is 19.3. The number of hydrogen-bond acceptors (Lipinski definition) is 4. The molecule has 5 aliphatic rings. The predicted octanol–water partition coefficient (Wildman–Crippen LogP) is 21.2. The SMILES string of the molecule is C#CC#CC#CC#CC#CC#CC#CC#CC#CC#CC.CC(C)(C)C1C#CCCCCC1.CC(C)(C)C1Cc2ccccc2C#Cc2ccccc21.CC(C)(C)N1C(=O)c2ccccc2C#Cc2ccccc21.CC(C)(C)N1Cc2ccccc2C#Cc2ccccc21.CC(C)(C)n1nnc2c1-c1ccccc1C#Cc1ccccc1-2. The lowest BCUT2D eigenvalue weighted by Crippen LogP contribution is -2.46. The number of nitrogens with zero attached hydrogens (tertiary/aromatic N) is 5. The Labute approximate surface area is 699 Å². The van der Waals surface area contributed by atoms with Crippen molar-refractivity contribution < 1.29 is 4.79 Å². The molecule has 1 aromatic heterocycles. The largest absolute Gasteiger partial charge is 0.361 e. The number of hydrogen-bond donors (Lipinski definition) is 0. The Balaban J connectivity index is 0.000000162. The number of anilines is 2. The molecule has 2 aliphatic heterocycles. The zero-order chi connectivity index (χ0) is 83.9. The second-order valence-corrected chi connectivity index (χ2v) is 33.0. The summed E-state index contributed by atoms with van der Waals surface area (Å²) in [6, 6.07) is 65.7. The number of rotatable bonds is 0. The second-order valence-electron chi connectivity index (χ2n) is 33.0. The summed E-state index contributed by atoms with van der Waals surface area (Å²) < 4.78 is 2.00. The van der Waals surface area contributed by atoms with Gasteiger partial charge in [-0.1, -0.05) is 246 Å². The van der Waals surface area contributed by atoms with Crippen molar-refractivity contribution in [2.24, 2.45) is 16.7 Å². The number of carbonyl (C=O) groups excluding carboxylic acids is 1. The molecule has 0 bridgehead atoms. The van der Waals surface area contributed by atoms with Gasteiger partial charge in [-0.3, -0.25) is 4.79 Å². The molecule has 14 rings (SSSR count). The van der Waals surface area contributed by atoms with Crippen LogP contribution in [-0.4, -0.2) is 32.0 Å².